The normalized spacial score (nSPS) is 21.2. The Labute approximate surface area is 84.4 Å². The second-order valence-corrected chi connectivity index (χ2v) is 4.67. The average molecular weight is 218 g/mol. The molecule has 0 fully saturated rings. The summed E-state index contributed by atoms with van der Waals surface area (Å²) < 4.78 is 0.457. The van der Waals surface area contributed by atoms with E-state index in [4.69, 9.17) is 16.7 Å². The average Bonchev–Trinajstić information content (AvgIpc) is 2.43. The third-order valence-corrected chi connectivity index (χ3v) is 3.54. The number of rotatable bonds is 1. The molecule has 5 heteroatoms. The van der Waals surface area contributed by atoms with Crippen LogP contribution in [0.4, 0.5) is 0 Å². The van der Waals surface area contributed by atoms with Crippen molar-refractivity contribution in [2.24, 2.45) is 0 Å². The fraction of sp³-hybridized carbons (Fsp3) is 0.500. The number of carboxylic acid groups (broad SMARTS) is 1. The van der Waals surface area contributed by atoms with Crippen LogP contribution in [0.5, 0.6) is 0 Å². The molecule has 2 rings (SSSR count). The Balaban J connectivity index is 2.41. The van der Waals surface area contributed by atoms with E-state index in [9.17, 15) is 4.79 Å². The minimum Gasteiger partial charge on any atom is -0.481 e. The van der Waals surface area contributed by atoms with Gasteiger partial charge in [-0.05, 0) is 19.3 Å². The van der Waals surface area contributed by atoms with Gasteiger partial charge < -0.3 is 5.11 Å². The molecule has 0 saturated heterocycles. The van der Waals surface area contributed by atoms with E-state index in [1.807, 2.05) is 0 Å². The van der Waals surface area contributed by atoms with Crippen molar-refractivity contribution in [2.75, 3.05) is 0 Å². The first kappa shape index (κ1) is 8.97. The molecule has 0 amide bonds. The smallest absolute Gasteiger partial charge is 0.311 e. The van der Waals surface area contributed by atoms with E-state index >= 15 is 0 Å². The highest BCUT2D eigenvalue weighted by molar-refractivity contribution is 7.16. The third-order valence-electron chi connectivity index (χ3n) is 2.22. The summed E-state index contributed by atoms with van der Waals surface area (Å²) >= 11 is 7.04. The first-order chi connectivity index (χ1) is 6.18. The predicted octanol–water partition coefficient (Wildman–Crippen LogP) is 2.30. The van der Waals surface area contributed by atoms with Crippen LogP contribution in [-0.2, 0) is 11.2 Å². The van der Waals surface area contributed by atoms with E-state index in [1.165, 1.54) is 11.3 Å². The fourth-order valence-electron chi connectivity index (χ4n) is 1.63. The number of carboxylic acids is 1. The lowest BCUT2D eigenvalue weighted by atomic mass is 9.92. The molecular formula is C8H8ClNO2S. The fourth-order valence-corrected chi connectivity index (χ4v) is 2.94. The molecule has 1 aromatic rings. The van der Waals surface area contributed by atoms with Crippen LogP contribution in [0.3, 0.4) is 0 Å². The molecule has 1 aromatic heterocycles. The highest BCUT2D eigenvalue weighted by atomic mass is 35.5. The van der Waals surface area contributed by atoms with Crippen LogP contribution in [0.25, 0.3) is 0 Å². The molecule has 0 saturated carbocycles. The van der Waals surface area contributed by atoms with Crippen LogP contribution in [0.15, 0.2) is 0 Å². The van der Waals surface area contributed by atoms with Gasteiger partial charge in [0.1, 0.15) is 0 Å². The van der Waals surface area contributed by atoms with Crippen molar-refractivity contribution in [3.63, 3.8) is 0 Å². The lowest BCUT2D eigenvalue weighted by Gasteiger charge is -2.16. The van der Waals surface area contributed by atoms with Crippen molar-refractivity contribution in [3.05, 3.63) is 15.0 Å². The zero-order chi connectivity index (χ0) is 9.42. The first-order valence-electron chi connectivity index (χ1n) is 4.06. The Hall–Kier alpha value is -0.610. The van der Waals surface area contributed by atoms with E-state index in [0.717, 1.165) is 23.4 Å². The van der Waals surface area contributed by atoms with Crippen LogP contribution < -0.4 is 0 Å². The zero-order valence-corrected chi connectivity index (χ0v) is 8.36. The van der Waals surface area contributed by atoms with Crippen molar-refractivity contribution >= 4 is 28.9 Å². The number of hydrogen-bond acceptors (Lipinski definition) is 3. The highest BCUT2D eigenvalue weighted by Gasteiger charge is 2.29. The lowest BCUT2D eigenvalue weighted by Crippen LogP contribution is -2.16. The number of thiazole rings is 1. The van der Waals surface area contributed by atoms with Gasteiger partial charge in [0.05, 0.1) is 11.6 Å². The zero-order valence-electron chi connectivity index (χ0n) is 6.79. The molecule has 1 N–H and O–H groups in total. The van der Waals surface area contributed by atoms with Crippen LogP contribution in [-0.4, -0.2) is 16.1 Å². The van der Waals surface area contributed by atoms with Gasteiger partial charge >= 0.3 is 5.97 Å². The second kappa shape index (κ2) is 3.27. The van der Waals surface area contributed by atoms with Gasteiger partial charge in [0.15, 0.2) is 4.47 Å². The number of aliphatic carboxylic acids is 1. The number of nitrogens with zero attached hydrogens (tertiary/aromatic N) is 1. The third kappa shape index (κ3) is 1.56. The molecular weight excluding hydrogens is 210 g/mol. The maximum atomic E-state index is 10.9. The molecule has 1 heterocycles. The van der Waals surface area contributed by atoms with E-state index in [2.05, 4.69) is 4.98 Å². The predicted molar refractivity (Wildman–Crippen MR) is 50.4 cm³/mol. The topological polar surface area (TPSA) is 50.2 Å². The number of aryl methyl sites for hydroxylation is 1. The maximum Gasteiger partial charge on any atom is 0.311 e. The summed E-state index contributed by atoms with van der Waals surface area (Å²) in [6.45, 7) is 0. The van der Waals surface area contributed by atoms with Gasteiger partial charge in [-0.2, -0.15) is 0 Å². The maximum absolute atomic E-state index is 10.9. The van der Waals surface area contributed by atoms with Gasteiger partial charge in [0.25, 0.3) is 0 Å². The van der Waals surface area contributed by atoms with Gasteiger partial charge in [-0.15, -0.1) is 11.3 Å². The quantitative estimate of drug-likeness (QED) is 0.786. The SMILES string of the molecule is O=C(O)C1CCCc2nc(Cl)sc21. The summed E-state index contributed by atoms with van der Waals surface area (Å²) in [6.07, 6.45) is 2.47. The van der Waals surface area contributed by atoms with Gasteiger partial charge in [-0.25, -0.2) is 4.98 Å². The monoisotopic (exact) mass is 217 g/mol. The van der Waals surface area contributed by atoms with Gasteiger partial charge in [-0.1, -0.05) is 11.6 Å². The van der Waals surface area contributed by atoms with Crippen molar-refractivity contribution in [3.8, 4) is 0 Å². The number of carbonyl (C=O) groups is 1. The van der Waals surface area contributed by atoms with E-state index in [-0.39, 0.29) is 5.92 Å². The van der Waals surface area contributed by atoms with E-state index < -0.39 is 5.97 Å². The Morgan fingerprint density at radius 2 is 2.46 bits per heavy atom. The van der Waals surface area contributed by atoms with Crippen LogP contribution in [0.1, 0.15) is 29.3 Å². The number of halogens is 1. The molecule has 1 aliphatic rings. The minimum atomic E-state index is -0.763. The summed E-state index contributed by atoms with van der Waals surface area (Å²) in [5.74, 6) is -1.14. The minimum absolute atomic E-state index is 0.381. The molecule has 0 aromatic carbocycles. The molecule has 70 valence electrons. The number of aromatic nitrogens is 1. The van der Waals surface area contributed by atoms with E-state index in [0.29, 0.717) is 10.9 Å². The van der Waals surface area contributed by atoms with Gasteiger partial charge in [0, 0.05) is 4.88 Å². The lowest BCUT2D eigenvalue weighted by molar-refractivity contribution is -0.139. The molecule has 0 bridgehead atoms. The summed E-state index contributed by atoms with van der Waals surface area (Å²) in [7, 11) is 0. The summed E-state index contributed by atoms with van der Waals surface area (Å²) in [5.41, 5.74) is 0.883. The Bertz CT molecular complexity index is 350. The Morgan fingerprint density at radius 3 is 3.15 bits per heavy atom. The van der Waals surface area contributed by atoms with Crippen molar-refractivity contribution < 1.29 is 9.90 Å². The van der Waals surface area contributed by atoms with Crippen LogP contribution in [0.2, 0.25) is 4.47 Å². The van der Waals surface area contributed by atoms with Gasteiger partial charge in [0.2, 0.25) is 0 Å². The largest absolute Gasteiger partial charge is 0.481 e. The molecule has 1 atom stereocenters. The Morgan fingerprint density at radius 1 is 1.69 bits per heavy atom. The van der Waals surface area contributed by atoms with Crippen LogP contribution >= 0.6 is 22.9 Å². The summed E-state index contributed by atoms with van der Waals surface area (Å²) in [4.78, 5) is 15.8. The summed E-state index contributed by atoms with van der Waals surface area (Å²) in [6, 6.07) is 0. The molecule has 1 unspecified atom stereocenters. The first-order valence-corrected chi connectivity index (χ1v) is 5.26. The molecule has 0 aliphatic heterocycles. The standard InChI is InChI=1S/C8H8ClNO2S/c9-8-10-5-3-1-2-4(7(11)12)6(5)13-8/h4H,1-3H2,(H,11,12). The molecule has 0 spiro atoms. The van der Waals surface area contributed by atoms with Crippen molar-refractivity contribution in [1.29, 1.82) is 0 Å². The highest BCUT2D eigenvalue weighted by Crippen LogP contribution is 2.37. The molecule has 13 heavy (non-hydrogen) atoms. The van der Waals surface area contributed by atoms with Crippen LogP contribution in [0, 0.1) is 0 Å². The molecule has 1 aliphatic carbocycles. The molecule has 3 nitrogen and oxygen atoms in total. The number of hydrogen-bond donors (Lipinski definition) is 1. The summed E-state index contributed by atoms with van der Waals surface area (Å²) in [5, 5.41) is 8.93. The van der Waals surface area contributed by atoms with Crippen molar-refractivity contribution in [2.45, 2.75) is 25.2 Å². The Kier molecular flexibility index (Phi) is 2.26. The number of fused-ring (bicyclic) bond motifs is 1. The van der Waals surface area contributed by atoms with E-state index in [1.54, 1.807) is 0 Å². The molecule has 0 radical (unpaired) electrons. The van der Waals surface area contributed by atoms with Gasteiger partial charge in [-0.3, -0.25) is 4.79 Å². The van der Waals surface area contributed by atoms with Crippen molar-refractivity contribution in [1.82, 2.24) is 4.98 Å². The second-order valence-electron chi connectivity index (χ2n) is 3.06.